The Labute approximate surface area is 95.6 Å². The molecule has 0 unspecified atom stereocenters. The zero-order valence-corrected chi connectivity index (χ0v) is 9.37. The molecule has 0 aromatic heterocycles. The van der Waals surface area contributed by atoms with Crippen LogP contribution in [0.5, 0.6) is 5.75 Å². The Balaban J connectivity index is 1.93. The molecule has 3 nitrogen and oxygen atoms in total. The minimum absolute atomic E-state index is 0.249. The minimum Gasteiger partial charge on any atom is -0.493 e. The number of benzene rings is 1. The minimum atomic E-state index is 0.249. The van der Waals surface area contributed by atoms with Crippen LogP contribution in [0.4, 0.5) is 0 Å². The molecule has 86 valence electrons. The number of carbonyl (C=O) groups excluding carboxylic acids is 1. The maximum Gasteiger partial charge on any atom is 0.134 e. The van der Waals surface area contributed by atoms with Gasteiger partial charge in [0.05, 0.1) is 6.61 Å². The summed E-state index contributed by atoms with van der Waals surface area (Å²) in [5, 5.41) is 0. The van der Waals surface area contributed by atoms with E-state index in [4.69, 9.17) is 10.5 Å². The molecule has 3 heteroatoms. The van der Waals surface area contributed by atoms with Crippen molar-refractivity contribution in [3.63, 3.8) is 0 Å². The summed E-state index contributed by atoms with van der Waals surface area (Å²) in [6.45, 7) is 1.24. The number of ether oxygens (including phenoxy) is 1. The van der Waals surface area contributed by atoms with Crippen LogP contribution in [0.3, 0.4) is 0 Å². The van der Waals surface area contributed by atoms with E-state index >= 15 is 0 Å². The zero-order valence-electron chi connectivity index (χ0n) is 9.37. The van der Waals surface area contributed by atoms with Gasteiger partial charge in [-0.15, -0.1) is 0 Å². The summed E-state index contributed by atoms with van der Waals surface area (Å²) in [6.07, 6.45) is 2.89. The average molecular weight is 219 g/mol. The molecule has 0 amide bonds. The number of aryl methyl sites for hydroxylation is 1. The smallest absolute Gasteiger partial charge is 0.134 e. The quantitative estimate of drug-likeness (QED) is 0.816. The first kappa shape index (κ1) is 11.1. The molecule has 0 bridgehead atoms. The van der Waals surface area contributed by atoms with Gasteiger partial charge >= 0.3 is 0 Å². The lowest BCUT2D eigenvalue weighted by molar-refractivity contribution is -0.118. The summed E-state index contributed by atoms with van der Waals surface area (Å²) in [6, 6.07) is 6.20. The molecule has 1 aliphatic heterocycles. The van der Waals surface area contributed by atoms with E-state index in [-0.39, 0.29) is 5.78 Å². The summed E-state index contributed by atoms with van der Waals surface area (Å²) in [7, 11) is 0. The number of hydrogen-bond acceptors (Lipinski definition) is 3. The van der Waals surface area contributed by atoms with Crippen molar-refractivity contribution in [2.24, 2.45) is 5.73 Å². The molecule has 0 spiro atoms. The van der Waals surface area contributed by atoms with Crippen molar-refractivity contribution in [3.8, 4) is 5.75 Å². The zero-order chi connectivity index (χ0) is 11.4. The standard InChI is InChI=1S/C13H17NO2/c14-7-5-12(15)3-1-10-2-4-13-11(9-10)6-8-16-13/h2,4,9H,1,3,5-8,14H2. The molecule has 2 rings (SSSR count). The Kier molecular flexibility index (Phi) is 3.57. The number of rotatable bonds is 5. The van der Waals surface area contributed by atoms with Crippen molar-refractivity contribution >= 4 is 5.78 Å². The highest BCUT2D eigenvalue weighted by Crippen LogP contribution is 2.26. The van der Waals surface area contributed by atoms with Crippen LogP contribution in [-0.4, -0.2) is 18.9 Å². The molecule has 0 radical (unpaired) electrons. The lowest BCUT2D eigenvalue weighted by atomic mass is 10.0. The molecule has 1 aromatic rings. The summed E-state index contributed by atoms with van der Waals surface area (Å²) >= 11 is 0. The summed E-state index contributed by atoms with van der Waals surface area (Å²) < 4.78 is 5.43. The molecule has 1 aromatic carbocycles. The number of carbonyl (C=O) groups is 1. The van der Waals surface area contributed by atoms with Gasteiger partial charge < -0.3 is 10.5 Å². The third-order valence-corrected chi connectivity index (χ3v) is 2.87. The Morgan fingerprint density at radius 3 is 3.06 bits per heavy atom. The number of fused-ring (bicyclic) bond motifs is 1. The van der Waals surface area contributed by atoms with Crippen molar-refractivity contribution in [2.45, 2.75) is 25.7 Å². The van der Waals surface area contributed by atoms with E-state index in [2.05, 4.69) is 6.07 Å². The second kappa shape index (κ2) is 5.12. The predicted octanol–water partition coefficient (Wildman–Crippen LogP) is 1.47. The fourth-order valence-corrected chi connectivity index (χ4v) is 1.97. The number of hydrogen-bond donors (Lipinski definition) is 1. The van der Waals surface area contributed by atoms with Gasteiger partial charge in [-0.2, -0.15) is 0 Å². The van der Waals surface area contributed by atoms with Gasteiger partial charge in [-0.05, 0) is 30.2 Å². The number of Topliss-reactive ketones (excluding diaryl/α,β-unsaturated/α-hetero) is 1. The van der Waals surface area contributed by atoms with Crippen LogP contribution in [0.2, 0.25) is 0 Å². The Bertz CT molecular complexity index is 388. The Hall–Kier alpha value is -1.35. The maximum atomic E-state index is 11.3. The van der Waals surface area contributed by atoms with E-state index in [9.17, 15) is 4.79 Å². The van der Waals surface area contributed by atoms with Gasteiger partial charge in [0.15, 0.2) is 0 Å². The summed E-state index contributed by atoms with van der Waals surface area (Å²) in [5.74, 6) is 1.25. The summed E-state index contributed by atoms with van der Waals surface area (Å²) in [5.41, 5.74) is 7.82. The Morgan fingerprint density at radius 1 is 1.38 bits per heavy atom. The Morgan fingerprint density at radius 2 is 2.25 bits per heavy atom. The molecule has 1 aliphatic rings. The molecule has 0 fully saturated rings. The SMILES string of the molecule is NCCC(=O)CCc1ccc2c(c1)CCO2. The van der Waals surface area contributed by atoms with Crippen molar-refractivity contribution < 1.29 is 9.53 Å². The first-order valence-electron chi connectivity index (χ1n) is 5.76. The molecule has 0 saturated carbocycles. The average Bonchev–Trinajstić information content (AvgIpc) is 2.74. The van der Waals surface area contributed by atoms with Gasteiger partial charge in [-0.3, -0.25) is 4.79 Å². The van der Waals surface area contributed by atoms with E-state index in [1.54, 1.807) is 0 Å². The number of ketones is 1. The molecule has 16 heavy (non-hydrogen) atoms. The van der Waals surface area contributed by atoms with Crippen LogP contribution in [0.15, 0.2) is 18.2 Å². The van der Waals surface area contributed by atoms with Crippen molar-refractivity contribution in [1.82, 2.24) is 0 Å². The molecule has 1 heterocycles. The highest BCUT2D eigenvalue weighted by atomic mass is 16.5. The monoisotopic (exact) mass is 219 g/mol. The summed E-state index contributed by atoms with van der Waals surface area (Å²) in [4.78, 5) is 11.3. The lowest BCUT2D eigenvalue weighted by Gasteiger charge is -2.03. The second-order valence-electron chi connectivity index (χ2n) is 4.12. The van der Waals surface area contributed by atoms with Gasteiger partial charge in [0.1, 0.15) is 11.5 Å². The van der Waals surface area contributed by atoms with Crippen LogP contribution in [-0.2, 0) is 17.6 Å². The van der Waals surface area contributed by atoms with Gasteiger partial charge in [-0.1, -0.05) is 12.1 Å². The van der Waals surface area contributed by atoms with E-state index in [0.717, 1.165) is 25.2 Å². The van der Waals surface area contributed by atoms with E-state index < -0.39 is 0 Å². The largest absolute Gasteiger partial charge is 0.493 e. The first-order chi connectivity index (χ1) is 7.79. The van der Waals surface area contributed by atoms with Crippen LogP contribution in [0.25, 0.3) is 0 Å². The van der Waals surface area contributed by atoms with Crippen molar-refractivity contribution in [3.05, 3.63) is 29.3 Å². The fourth-order valence-electron chi connectivity index (χ4n) is 1.97. The normalized spacial score (nSPS) is 13.3. The molecule has 0 atom stereocenters. The number of nitrogens with two attached hydrogens (primary N) is 1. The van der Waals surface area contributed by atoms with Gasteiger partial charge in [-0.25, -0.2) is 0 Å². The fraction of sp³-hybridized carbons (Fsp3) is 0.462. The molecular formula is C13H17NO2. The predicted molar refractivity (Wildman–Crippen MR) is 62.6 cm³/mol. The molecule has 0 saturated heterocycles. The van der Waals surface area contributed by atoms with Crippen LogP contribution in [0, 0.1) is 0 Å². The van der Waals surface area contributed by atoms with Crippen LogP contribution >= 0.6 is 0 Å². The lowest BCUT2D eigenvalue weighted by Crippen LogP contribution is -2.08. The third kappa shape index (κ3) is 2.61. The molecule has 0 aliphatic carbocycles. The highest BCUT2D eigenvalue weighted by molar-refractivity contribution is 5.78. The van der Waals surface area contributed by atoms with Crippen molar-refractivity contribution in [2.75, 3.05) is 13.2 Å². The van der Waals surface area contributed by atoms with E-state index in [1.807, 2.05) is 12.1 Å². The van der Waals surface area contributed by atoms with Gasteiger partial charge in [0.2, 0.25) is 0 Å². The van der Waals surface area contributed by atoms with Crippen LogP contribution < -0.4 is 10.5 Å². The third-order valence-electron chi connectivity index (χ3n) is 2.87. The second-order valence-corrected chi connectivity index (χ2v) is 4.12. The molecular weight excluding hydrogens is 202 g/mol. The van der Waals surface area contributed by atoms with Gasteiger partial charge in [0.25, 0.3) is 0 Å². The highest BCUT2D eigenvalue weighted by Gasteiger charge is 2.12. The molecule has 2 N–H and O–H groups in total. The van der Waals surface area contributed by atoms with E-state index in [1.165, 1.54) is 11.1 Å². The van der Waals surface area contributed by atoms with Gasteiger partial charge in [0, 0.05) is 19.3 Å². The van der Waals surface area contributed by atoms with Crippen molar-refractivity contribution in [1.29, 1.82) is 0 Å². The van der Waals surface area contributed by atoms with Crippen LogP contribution in [0.1, 0.15) is 24.0 Å². The maximum absolute atomic E-state index is 11.3. The topological polar surface area (TPSA) is 52.3 Å². The van der Waals surface area contributed by atoms with E-state index in [0.29, 0.717) is 19.4 Å². The first-order valence-corrected chi connectivity index (χ1v) is 5.76.